The molecule has 9 nitrogen and oxygen atoms in total. The Morgan fingerprint density at radius 2 is 1.82 bits per heavy atom. The topological polar surface area (TPSA) is 111 Å². The van der Waals surface area contributed by atoms with E-state index in [2.05, 4.69) is 5.32 Å². The van der Waals surface area contributed by atoms with Gasteiger partial charge in [-0.15, -0.1) is 0 Å². The van der Waals surface area contributed by atoms with Crippen molar-refractivity contribution in [3.8, 4) is 17.2 Å². The molecule has 2 heterocycles. The molecule has 1 aliphatic carbocycles. The Bertz CT molecular complexity index is 1140. The highest BCUT2D eigenvalue weighted by Crippen LogP contribution is 2.52. The van der Waals surface area contributed by atoms with E-state index in [1.54, 1.807) is 6.92 Å². The van der Waals surface area contributed by atoms with Crippen molar-refractivity contribution in [2.45, 2.75) is 37.8 Å². The van der Waals surface area contributed by atoms with Gasteiger partial charge in [-0.2, -0.15) is 0 Å². The van der Waals surface area contributed by atoms with Gasteiger partial charge in [-0.3, -0.25) is 9.59 Å². The first kappa shape index (κ1) is 23.8. The van der Waals surface area contributed by atoms with Gasteiger partial charge in [-0.05, 0) is 19.3 Å². The molecule has 0 aromatic heterocycles. The molecule has 3 aliphatic rings. The van der Waals surface area contributed by atoms with Crippen molar-refractivity contribution in [1.82, 2.24) is 9.62 Å². The second-order valence-electron chi connectivity index (χ2n) is 8.69. The molecule has 1 aromatic rings. The minimum absolute atomic E-state index is 0.0412. The van der Waals surface area contributed by atoms with E-state index in [-0.39, 0.29) is 33.9 Å². The summed E-state index contributed by atoms with van der Waals surface area (Å²) in [5, 5.41) is 3.48. The summed E-state index contributed by atoms with van der Waals surface area (Å²) in [6.45, 7) is 2.64. The van der Waals surface area contributed by atoms with Crippen LogP contribution in [0.2, 0.25) is 5.02 Å². The number of nitrogens with one attached hydrogen (secondary N) is 1. The average molecular weight is 499 g/mol. The third kappa shape index (κ3) is 3.87. The molecule has 11 heteroatoms. The summed E-state index contributed by atoms with van der Waals surface area (Å²) in [4.78, 5) is 26.9. The van der Waals surface area contributed by atoms with Crippen LogP contribution < -0.4 is 19.5 Å². The van der Waals surface area contributed by atoms with Crippen LogP contribution in [0.25, 0.3) is 0 Å². The second-order valence-corrected chi connectivity index (χ2v) is 11.0. The van der Waals surface area contributed by atoms with E-state index in [1.807, 2.05) is 0 Å². The van der Waals surface area contributed by atoms with Crippen molar-refractivity contribution in [2.75, 3.05) is 33.6 Å². The van der Waals surface area contributed by atoms with Crippen LogP contribution >= 0.6 is 11.6 Å². The predicted octanol–water partition coefficient (Wildman–Crippen LogP) is 2.18. The number of sulfonamides is 1. The van der Waals surface area contributed by atoms with Gasteiger partial charge in [-0.25, -0.2) is 12.7 Å². The molecule has 1 N–H and O–H groups in total. The number of halogens is 1. The van der Waals surface area contributed by atoms with Gasteiger partial charge in [-0.1, -0.05) is 18.5 Å². The van der Waals surface area contributed by atoms with Crippen LogP contribution in [0.4, 0.5) is 0 Å². The second kappa shape index (κ2) is 8.48. The lowest BCUT2D eigenvalue weighted by atomic mass is 9.74. The van der Waals surface area contributed by atoms with Crippen molar-refractivity contribution >= 4 is 33.2 Å². The summed E-state index contributed by atoms with van der Waals surface area (Å²) < 4.78 is 41.6. The number of carbonyl (C=O) groups excluding carboxylic acids is 2. The molecule has 0 unspecified atom stereocenters. The zero-order valence-corrected chi connectivity index (χ0v) is 20.5. The van der Waals surface area contributed by atoms with Gasteiger partial charge in [0.25, 0.3) is 0 Å². The molecule has 1 spiro atoms. The van der Waals surface area contributed by atoms with E-state index in [1.165, 1.54) is 36.9 Å². The minimum atomic E-state index is -3.21. The molecule has 2 aliphatic heterocycles. The maximum absolute atomic E-state index is 13.5. The zero-order chi connectivity index (χ0) is 24.1. The van der Waals surface area contributed by atoms with Gasteiger partial charge < -0.3 is 19.5 Å². The fraction of sp³-hybridized carbons (Fsp3) is 0.545. The number of Topliss-reactive ketones (excluding diaryl/α,β-unsaturated/α-hetero) is 1. The third-order valence-corrected chi connectivity index (χ3v) is 8.28. The number of fused-ring (bicyclic) bond motifs is 1. The number of carbonyl (C=O) groups is 2. The first-order chi connectivity index (χ1) is 15.5. The largest absolute Gasteiger partial charge is 0.496 e. The fourth-order valence-electron chi connectivity index (χ4n) is 4.82. The van der Waals surface area contributed by atoms with E-state index in [4.69, 9.17) is 25.8 Å². The lowest BCUT2D eigenvalue weighted by molar-refractivity contribution is -0.129. The van der Waals surface area contributed by atoms with Crippen molar-refractivity contribution < 1.29 is 32.2 Å². The van der Waals surface area contributed by atoms with Crippen molar-refractivity contribution in [3.63, 3.8) is 0 Å². The highest BCUT2D eigenvalue weighted by atomic mass is 35.5. The van der Waals surface area contributed by atoms with Crippen LogP contribution in [0.3, 0.4) is 0 Å². The van der Waals surface area contributed by atoms with Crippen LogP contribution in [-0.2, 0) is 14.8 Å². The predicted molar refractivity (Wildman–Crippen MR) is 122 cm³/mol. The molecule has 1 aromatic carbocycles. The molecule has 0 bridgehead atoms. The van der Waals surface area contributed by atoms with Crippen LogP contribution in [0.1, 0.15) is 36.5 Å². The molecule has 33 heavy (non-hydrogen) atoms. The SMILES string of the molecule is COc1cc(OC)c2c(c1Cl)O[C@@]1(C(=O)C=C(NC3CCN(S(C)(=O)=O)CC3)C[C@H]1C)C2=O. The smallest absolute Gasteiger partial charge is 0.236 e. The van der Waals surface area contributed by atoms with Crippen LogP contribution in [0.5, 0.6) is 17.2 Å². The number of ether oxygens (including phenoxy) is 3. The van der Waals surface area contributed by atoms with Gasteiger partial charge in [0.05, 0.1) is 20.5 Å². The first-order valence-electron chi connectivity index (χ1n) is 10.7. The van der Waals surface area contributed by atoms with Crippen LogP contribution in [0.15, 0.2) is 17.8 Å². The first-order valence-corrected chi connectivity index (χ1v) is 12.9. The number of hydrogen-bond donors (Lipinski definition) is 1. The Morgan fingerprint density at radius 3 is 2.36 bits per heavy atom. The summed E-state index contributed by atoms with van der Waals surface area (Å²) in [6.07, 6.45) is 4.30. The molecular formula is C22H27ClN2O7S. The zero-order valence-electron chi connectivity index (χ0n) is 18.9. The van der Waals surface area contributed by atoms with Crippen LogP contribution in [-0.4, -0.2) is 69.5 Å². The third-order valence-electron chi connectivity index (χ3n) is 6.62. The summed E-state index contributed by atoms with van der Waals surface area (Å²) in [7, 11) is -0.349. The number of allylic oxidation sites excluding steroid dienone is 1. The fourth-order valence-corrected chi connectivity index (χ4v) is 5.96. The van der Waals surface area contributed by atoms with Gasteiger partial charge >= 0.3 is 0 Å². The molecule has 1 fully saturated rings. The summed E-state index contributed by atoms with van der Waals surface area (Å²) in [6, 6.07) is 1.55. The number of nitrogens with zero attached hydrogens (tertiary/aromatic N) is 1. The van der Waals surface area contributed by atoms with Crippen molar-refractivity contribution in [3.05, 3.63) is 28.4 Å². The standard InChI is InChI=1S/C22H27ClN2O7S/c1-12-9-14(24-13-5-7-25(8-6-13)33(4,28)29)10-17(26)22(12)21(27)18-15(30-2)11-16(31-3)19(23)20(18)32-22/h10-13,24H,5-9H2,1-4H3/t12-,22+/m1/s1. The Kier molecular flexibility index (Phi) is 6.13. The maximum Gasteiger partial charge on any atom is 0.236 e. The van der Waals surface area contributed by atoms with Crippen LogP contribution in [0, 0.1) is 5.92 Å². The number of ketones is 2. The van der Waals surface area contributed by atoms with Gasteiger partial charge in [0.2, 0.25) is 27.2 Å². The molecule has 180 valence electrons. The molecular weight excluding hydrogens is 472 g/mol. The Balaban J connectivity index is 1.57. The summed E-state index contributed by atoms with van der Waals surface area (Å²) in [5.41, 5.74) is -0.864. The van der Waals surface area contributed by atoms with E-state index in [9.17, 15) is 18.0 Å². The van der Waals surface area contributed by atoms with Crippen molar-refractivity contribution in [1.29, 1.82) is 0 Å². The van der Waals surface area contributed by atoms with Crippen molar-refractivity contribution in [2.24, 2.45) is 5.92 Å². The number of hydrogen-bond acceptors (Lipinski definition) is 8. The highest BCUT2D eigenvalue weighted by Gasteiger charge is 2.60. The Hall–Kier alpha value is -2.30. The maximum atomic E-state index is 13.5. The average Bonchev–Trinajstić information content (AvgIpc) is 3.07. The lowest BCUT2D eigenvalue weighted by Gasteiger charge is -2.37. The lowest BCUT2D eigenvalue weighted by Crippen LogP contribution is -2.56. The van der Waals surface area contributed by atoms with E-state index >= 15 is 0 Å². The number of benzene rings is 1. The molecule has 0 saturated carbocycles. The molecule has 4 rings (SSSR count). The van der Waals surface area contributed by atoms with E-state index < -0.39 is 33.1 Å². The van der Waals surface area contributed by atoms with E-state index in [0.717, 1.165) is 0 Å². The van der Waals surface area contributed by atoms with E-state index in [0.29, 0.717) is 38.0 Å². The Morgan fingerprint density at radius 1 is 1.18 bits per heavy atom. The molecule has 0 radical (unpaired) electrons. The number of rotatable bonds is 5. The van der Waals surface area contributed by atoms with Gasteiger partial charge in [0.1, 0.15) is 22.1 Å². The summed E-state index contributed by atoms with van der Waals surface area (Å²) in [5.74, 6) is -0.801. The monoisotopic (exact) mass is 498 g/mol. The molecule has 2 atom stereocenters. The Labute approximate surface area is 198 Å². The number of piperidine rings is 1. The minimum Gasteiger partial charge on any atom is -0.496 e. The normalized spacial score (nSPS) is 26.1. The quantitative estimate of drug-likeness (QED) is 0.615. The molecule has 1 saturated heterocycles. The highest BCUT2D eigenvalue weighted by molar-refractivity contribution is 7.88. The molecule has 0 amide bonds. The van der Waals surface area contributed by atoms with Gasteiger partial charge in [0, 0.05) is 42.9 Å². The number of methoxy groups -OCH3 is 2. The van der Waals surface area contributed by atoms with Gasteiger partial charge in [0.15, 0.2) is 5.75 Å². The summed E-state index contributed by atoms with van der Waals surface area (Å²) >= 11 is 6.40.